The van der Waals surface area contributed by atoms with Crippen molar-refractivity contribution < 1.29 is 14.6 Å². The predicted octanol–water partition coefficient (Wildman–Crippen LogP) is 5.43. The molecule has 2 aromatic heterocycles. The Labute approximate surface area is 238 Å². The first-order valence-corrected chi connectivity index (χ1v) is 14.5. The molecule has 41 heavy (non-hydrogen) atoms. The maximum absolute atomic E-state index is 11.4. The average Bonchev–Trinajstić information content (AvgIpc) is 3.39. The molecule has 3 fully saturated rings. The second-order valence-corrected chi connectivity index (χ2v) is 11.6. The molecular formula is C31H35N7O3. The van der Waals surface area contributed by atoms with Crippen LogP contribution in [-0.2, 0) is 0 Å². The van der Waals surface area contributed by atoms with E-state index in [0.717, 1.165) is 72.6 Å². The van der Waals surface area contributed by atoms with Gasteiger partial charge in [0.25, 0.3) is 0 Å². The van der Waals surface area contributed by atoms with Gasteiger partial charge in [0.15, 0.2) is 5.65 Å². The Kier molecular flexibility index (Phi) is 6.50. The highest BCUT2D eigenvalue weighted by Crippen LogP contribution is 2.52. The van der Waals surface area contributed by atoms with Gasteiger partial charge in [0.1, 0.15) is 29.3 Å². The maximum atomic E-state index is 11.4. The molecule has 1 atom stereocenters. The van der Waals surface area contributed by atoms with Gasteiger partial charge in [0.05, 0.1) is 11.4 Å². The topological polar surface area (TPSA) is 123 Å². The number of benzene rings is 2. The average molecular weight is 554 g/mol. The summed E-state index contributed by atoms with van der Waals surface area (Å²) in [5.74, 6) is 1.97. The maximum Gasteiger partial charge on any atom is 0.407 e. The van der Waals surface area contributed by atoms with Gasteiger partial charge in [-0.3, -0.25) is 4.90 Å². The summed E-state index contributed by atoms with van der Waals surface area (Å²) in [5, 5.41) is 15.2. The van der Waals surface area contributed by atoms with Crippen molar-refractivity contribution in [1.29, 1.82) is 0 Å². The molecule has 1 aliphatic carbocycles. The zero-order chi connectivity index (χ0) is 28.0. The molecule has 3 N–H and O–H groups in total. The molecule has 7 rings (SSSR count). The smallest absolute Gasteiger partial charge is 0.407 e. The summed E-state index contributed by atoms with van der Waals surface area (Å²) in [6.07, 6.45) is 7.07. The van der Waals surface area contributed by atoms with Crippen LogP contribution in [0.25, 0.3) is 22.3 Å². The van der Waals surface area contributed by atoms with Crippen LogP contribution in [0.15, 0.2) is 60.9 Å². The fraction of sp³-hybridized carbons (Fsp3) is 0.419. The molecule has 10 nitrogen and oxygen atoms in total. The number of amides is 1. The highest BCUT2D eigenvalue weighted by molar-refractivity contribution is 5.98. The molecule has 212 valence electrons. The molecule has 2 aromatic carbocycles. The first-order valence-electron chi connectivity index (χ1n) is 14.5. The number of aromatic nitrogens is 4. The van der Waals surface area contributed by atoms with Crippen molar-refractivity contribution in [2.45, 2.75) is 50.6 Å². The van der Waals surface area contributed by atoms with E-state index in [0.29, 0.717) is 24.9 Å². The number of likely N-dealkylation sites (tertiary alicyclic amines) is 2. The number of carbonyl (C=O) groups is 1. The fourth-order valence-corrected chi connectivity index (χ4v) is 7.18. The minimum Gasteiger partial charge on any atom is -0.465 e. The first-order chi connectivity index (χ1) is 20.0. The summed E-state index contributed by atoms with van der Waals surface area (Å²) >= 11 is 0. The van der Waals surface area contributed by atoms with E-state index >= 15 is 0 Å². The van der Waals surface area contributed by atoms with Crippen molar-refractivity contribution >= 4 is 22.9 Å². The van der Waals surface area contributed by atoms with Crippen molar-refractivity contribution in [2.24, 2.45) is 5.41 Å². The molecule has 4 aromatic rings. The van der Waals surface area contributed by atoms with Crippen molar-refractivity contribution in [3.8, 4) is 22.8 Å². The van der Waals surface area contributed by atoms with E-state index in [4.69, 9.17) is 15.6 Å². The number of nitrogen functional groups attached to an aromatic ring is 1. The number of nitrogens with two attached hydrogens (primary N) is 1. The lowest BCUT2D eigenvalue weighted by Crippen LogP contribution is -2.60. The Morgan fingerprint density at radius 2 is 1.61 bits per heavy atom. The third-order valence-electron chi connectivity index (χ3n) is 9.56. The number of para-hydroxylation sites is 1. The monoisotopic (exact) mass is 553 g/mol. The van der Waals surface area contributed by atoms with Crippen LogP contribution in [-0.4, -0.2) is 73.0 Å². The number of ether oxygens (including phenoxy) is 1. The lowest BCUT2D eigenvalue weighted by Gasteiger charge is -2.58. The summed E-state index contributed by atoms with van der Waals surface area (Å²) in [4.78, 5) is 24.5. The van der Waals surface area contributed by atoms with Crippen LogP contribution >= 0.6 is 0 Å². The van der Waals surface area contributed by atoms with Gasteiger partial charge in [-0.25, -0.2) is 19.4 Å². The van der Waals surface area contributed by atoms with E-state index in [1.807, 2.05) is 54.6 Å². The van der Waals surface area contributed by atoms with Crippen LogP contribution in [0.3, 0.4) is 0 Å². The normalized spacial score (nSPS) is 21.2. The zero-order valence-corrected chi connectivity index (χ0v) is 23.0. The van der Waals surface area contributed by atoms with Crippen LogP contribution in [0.2, 0.25) is 0 Å². The van der Waals surface area contributed by atoms with Crippen LogP contribution in [0.1, 0.15) is 44.6 Å². The Morgan fingerprint density at radius 3 is 2.27 bits per heavy atom. The number of nitrogens with zero attached hydrogens (tertiary/aromatic N) is 6. The summed E-state index contributed by atoms with van der Waals surface area (Å²) in [6.45, 7) is 3.32. The van der Waals surface area contributed by atoms with Crippen molar-refractivity contribution in [1.82, 2.24) is 29.5 Å². The summed E-state index contributed by atoms with van der Waals surface area (Å²) < 4.78 is 8.04. The number of fused-ring (bicyclic) bond motifs is 1. The van der Waals surface area contributed by atoms with E-state index in [1.54, 1.807) is 4.90 Å². The molecule has 10 heteroatoms. The molecule has 0 bridgehead atoms. The second-order valence-electron chi connectivity index (χ2n) is 11.6. The lowest BCUT2D eigenvalue weighted by molar-refractivity contribution is -0.0739. The standard InChI is InChI=1S/C31H35N7O3/c32-28-26-27(21-6-8-24(9-7-21)41-23-4-2-1-3-5-23)35-38(29(26)34-20-33-28)22-11-16-36(17-12-22)25-10-13-31(25)14-18-37(19-15-31)30(39)40/h1-9,20,22,25H,10-19H2,(H,39,40)(H2,32,33,34). The van der Waals surface area contributed by atoms with Crippen LogP contribution in [0.4, 0.5) is 10.6 Å². The SMILES string of the molecule is Nc1ncnc2c1c(-c1ccc(Oc3ccccc3)cc1)nn2C1CCN(C2CCC23CCN(C(=O)O)CC3)CC1. The molecule has 1 amide bonds. The molecule has 1 saturated carbocycles. The molecular weight excluding hydrogens is 518 g/mol. The Hall–Kier alpha value is -4.18. The van der Waals surface area contributed by atoms with E-state index in [2.05, 4.69) is 19.5 Å². The molecule has 4 heterocycles. The Bertz CT molecular complexity index is 1540. The Morgan fingerprint density at radius 1 is 0.902 bits per heavy atom. The highest BCUT2D eigenvalue weighted by atomic mass is 16.5. The van der Waals surface area contributed by atoms with E-state index in [-0.39, 0.29) is 11.5 Å². The number of piperidine rings is 2. The molecule has 2 saturated heterocycles. The lowest BCUT2D eigenvalue weighted by atomic mass is 9.58. The number of rotatable bonds is 5. The largest absolute Gasteiger partial charge is 0.465 e. The number of hydrogen-bond donors (Lipinski definition) is 2. The fourth-order valence-electron chi connectivity index (χ4n) is 7.18. The van der Waals surface area contributed by atoms with Crippen molar-refractivity contribution in [2.75, 3.05) is 31.9 Å². The molecule has 0 radical (unpaired) electrons. The molecule has 2 aliphatic heterocycles. The minimum atomic E-state index is -0.789. The van der Waals surface area contributed by atoms with Gasteiger partial charge in [-0.1, -0.05) is 18.2 Å². The van der Waals surface area contributed by atoms with Gasteiger partial charge in [-0.05, 0) is 80.3 Å². The molecule has 3 aliphatic rings. The summed E-state index contributed by atoms with van der Waals surface area (Å²) in [5.41, 5.74) is 9.17. The molecule has 1 spiro atoms. The summed E-state index contributed by atoms with van der Waals surface area (Å²) in [6, 6.07) is 18.4. The minimum absolute atomic E-state index is 0.224. The Balaban J connectivity index is 1.08. The van der Waals surface area contributed by atoms with Crippen molar-refractivity contribution in [3.05, 3.63) is 60.9 Å². The van der Waals surface area contributed by atoms with Crippen molar-refractivity contribution in [3.63, 3.8) is 0 Å². The quantitative estimate of drug-likeness (QED) is 0.336. The van der Waals surface area contributed by atoms with Gasteiger partial charge in [0.2, 0.25) is 0 Å². The third kappa shape index (κ3) is 4.65. The van der Waals surface area contributed by atoms with Gasteiger partial charge < -0.3 is 20.5 Å². The van der Waals surface area contributed by atoms with Gasteiger partial charge in [-0.15, -0.1) is 0 Å². The highest BCUT2D eigenvalue weighted by Gasteiger charge is 2.51. The molecule has 1 unspecified atom stereocenters. The second kappa shape index (κ2) is 10.3. The van der Waals surface area contributed by atoms with Gasteiger partial charge >= 0.3 is 6.09 Å². The van der Waals surface area contributed by atoms with Gasteiger partial charge in [-0.2, -0.15) is 5.10 Å². The number of hydrogen-bond acceptors (Lipinski definition) is 7. The first kappa shape index (κ1) is 25.8. The van der Waals surface area contributed by atoms with E-state index in [9.17, 15) is 9.90 Å². The third-order valence-corrected chi connectivity index (χ3v) is 9.56. The van der Waals surface area contributed by atoms with Gasteiger partial charge in [0, 0.05) is 37.8 Å². The van der Waals surface area contributed by atoms with E-state index in [1.165, 1.54) is 19.2 Å². The number of anilines is 1. The summed E-state index contributed by atoms with van der Waals surface area (Å²) in [7, 11) is 0. The zero-order valence-electron chi connectivity index (χ0n) is 23.0. The van der Waals surface area contributed by atoms with Crippen LogP contribution in [0.5, 0.6) is 11.5 Å². The predicted molar refractivity (Wildman–Crippen MR) is 156 cm³/mol. The van der Waals surface area contributed by atoms with Crippen LogP contribution in [0, 0.1) is 5.41 Å². The van der Waals surface area contributed by atoms with Crippen LogP contribution < -0.4 is 10.5 Å². The van der Waals surface area contributed by atoms with E-state index < -0.39 is 6.09 Å². The number of carboxylic acid groups (broad SMARTS) is 1.